The minimum atomic E-state index is -4.43. The molecule has 1 aliphatic rings. The highest BCUT2D eigenvalue weighted by Gasteiger charge is 2.31. The quantitative estimate of drug-likeness (QED) is 0.823. The van der Waals surface area contributed by atoms with Gasteiger partial charge in [-0.15, -0.1) is 0 Å². The van der Waals surface area contributed by atoms with Crippen LogP contribution in [0.5, 0.6) is 0 Å². The molecular formula is C12H13F3N2OS. The SMILES string of the molecule is Nc1cc(C(F)(F)F)ccc1NC(=O)C1CCSC1. The predicted octanol–water partition coefficient (Wildman–Crippen LogP) is 2.98. The van der Waals surface area contributed by atoms with Crippen LogP contribution < -0.4 is 11.1 Å². The third-order valence-electron chi connectivity index (χ3n) is 2.94. The zero-order chi connectivity index (χ0) is 14.0. The Labute approximate surface area is 112 Å². The van der Waals surface area contributed by atoms with Gasteiger partial charge in [-0.05, 0) is 30.4 Å². The van der Waals surface area contributed by atoms with E-state index in [2.05, 4.69) is 5.32 Å². The first-order valence-electron chi connectivity index (χ1n) is 5.73. The lowest BCUT2D eigenvalue weighted by molar-refractivity contribution is -0.137. The van der Waals surface area contributed by atoms with Crippen molar-refractivity contribution in [1.82, 2.24) is 0 Å². The molecule has 3 nitrogen and oxygen atoms in total. The molecule has 104 valence electrons. The number of nitrogen functional groups attached to an aromatic ring is 1. The normalized spacial score (nSPS) is 19.4. The van der Waals surface area contributed by atoms with Crippen molar-refractivity contribution in [2.24, 2.45) is 5.92 Å². The first-order chi connectivity index (χ1) is 8.88. The van der Waals surface area contributed by atoms with Crippen LogP contribution in [0, 0.1) is 5.92 Å². The van der Waals surface area contributed by atoms with E-state index in [1.807, 2.05) is 0 Å². The first kappa shape index (κ1) is 14.0. The lowest BCUT2D eigenvalue weighted by atomic mass is 10.1. The molecule has 1 aliphatic heterocycles. The average Bonchev–Trinajstić information content (AvgIpc) is 2.84. The molecule has 1 aromatic rings. The molecule has 0 aromatic heterocycles. The van der Waals surface area contributed by atoms with Gasteiger partial charge in [0.2, 0.25) is 5.91 Å². The highest BCUT2D eigenvalue weighted by atomic mass is 32.2. The highest BCUT2D eigenvalue weighted by molar-refractivity contribution is 7.99. The number of nitrogens with one attached hydrogen (secondary N) is 1. The van der Waals surface area contributed by atoms with E-state index in [1.54, 1.807) is 11.8 Å². The number of carbonyl (C=O) groups is 1. The van der Waals surface area contributed by atoms with Crippen LogP contribution in [0.1, 0.15) is 12.0 Å². The molecule has 19 heavy (non-hydrogen) atoms. The Balaban J connectivity index is 2.11. The largest absolute Gasteiger partial charge is 0.416 e. The average molecular weight is 290 g/mol. The van der Waals surface area contributed by atoms with Gasteiger partial charge in [0.25, 0.3) is 0 Å². The molecule has 1 unspecified atom stereocenters. The van der Waals surface area contributed by atoms with E-state index >= 15 is 0 Å². The fraction of sp³-hybridized carbons (Fsp3) is 0.417. The van der Waals surface area contributed by atoms with Gasteiger partial charge in [-0.1, -0.05) is 0 Å². The molecule has 0 radical (unpaired) electrons. The lowest BCUT2D eigenvalue weighted by Crippen LogP contribution is -2.23. The molecule has 0 aliphatic carbocycles. The maximum atomic E-state index is 12.5. The van der Waals surface area contributed by atoms with E-state index in [9.17, 15) is 18.0 Å². The van der Waals surface area contributed by atoms with Crippen LogP contribution in [-0.4, -0.2) is 17.4 Å². The number of hydrogen-bond donors (Lipinski definition) is 2. The van der Waals surface area contributed by atoms with Crippen molar-refractivity contribution in [3.05, 3.63) is 23.8 Å². The standard InChI is InChI=1S/C12H13F3N2OS/c13-12(14,15)8-1-2-10(9(16)5-8)17-11(18)7-3-4-19-6-7/h1-2,5,7H,3-4,6,16H2,(H,17,18). The van der Waals surface area contributed by atoms with Crippen LogP contribution in [0.3, 0.4) is 0 Å². The number of anilines is 2. The summed E-state index contributed by atoms with van der Waals surface area (Å²) in [4.78, 5) is 11.8. The summed E-state index contributed by atoms with van der Waals surface area (Å²) >= 11 is 1.69. The van der Waals surface area contributed by atoms with Crippen molar-refractivity contribution in [2.45, 2.75) is 12.6 Å². The topological polar surface area (TPSA) is 55.1 Å². The van der Waals surface area contributed by atoms with Crippen LogP contribution in [0.15, 0.2) is 18.2 Å². The summed E-state index contributed by atoms with van der Waals surface area (Å²) in [6, 6.07) is 2.94. The number of amides is 1. The van der Waals surface area contributed by atoms with Crippen molar-refractivity contribution < 1.29 is 18.0 Å². The fourth-order valence-corrected chi connectivity index (χ4v) is 3.05. The summed E-state index contributed by atoms with van der Waals surface area (Å²) in [5.74, 6) is 1.40. The molecule has 1 amide bonds. The van der Waals surface area contributed by atoms with Gasteiger partial charge in [0, 0.05) is 11.7 Å². The van der Waals surface area contributed by atoms with Gasteiger partial charge in [0.15, 0.2) is 0 Å². The van der Waals surface area contributed by atoms with Crippen LogP contribution in [0.4, 0.5) is 24.5 Å². The number of hydrogen-bond acceptors (Lipinski definition) is 3. The molecule has 1 saturated heterocycles. The van der Waals surface area contributed by atoms with Gasteiger partial charge in [0.1, 0.15) is 0 Å². The van der Waals surface area contributed by atoms with Crippen molar-refractivity contribution in [2.75, 3.05) is 22.6 Å². The molecule has 1 heterocycles. The molecule has 2 rings (SSSR count). The number of rotatable bonds is 2. The minimum Gasteiger partial charge on any atom is -0.397 e. The zero-order valence-corrected chi connectivity index (χ0v) is 10.8. The predicted molar refractivity (Wildman–Crippen MR) is 69.9 cm³/mol. The molecule has 0 spiro atoms. The van der Waals surface area contributed by atoms with Crippen molar-refractivity contribution >= 4 is 29.0 Å². The van der Waals surface area contributed by atoms with Gasteiger partial charge in [0.05, 0.1) is 16.9 Å². The number of thioether (sulfide) groups is 1. The Bertz CT molecular complexity index is 484. The van der Waals surface area contributed by atoms with E-state index < -0.39 is 11.7 Å². The first-order valence-corrected chi connectivity index (χ1v) is 6.89. The lowest BCUT2D eigenvalue weighted by Gasteiger charge is -2.13. The maximum absolute atomic E-state index is 12.5. The number of carbonyl (C=O) groups excluding carboxylic acids is 1. The molecule has 1 atom stereocenters. The Hall–Kier alpha value is -1.37. The summed E-state index contributed by atoms with van der Waals surface area (Å²) in [6.07, 6.45) is -3.64. The number of benzene rings is 1. The number of alkyl halides is 3. The summed E-state index contributed by atoms with van der Waals surface area (Å²) in [6.45, 7) is 0. The second kappa shape index (κ2) is 5.32. The summed E-state index contributed by atoms with van der Waals surface area (Å²) in [5.41, 5.74) is 4.88. The monoisotopic (exact) mass is 290 g/mol. The molecule has 0 bridgehead atoms. The summed E-state index contributed by atoms with van der Waals surface area (Å²) in [5, 5.41) is 2.59. The second-order valence-electron chi connectivity index (χ2n) is 4.35. The zero-order valence-electron chi connectivity index (χ0n) is 9.96. The Kier molecular flexibility index (Phi) is 3.93. The van der Waals surface area contributed by atoms with Crippen molar-refractivity contribution in [3.8, 4) is 0 Å². The van der Waals surface area contributed by atoms with Crippen LogP contribution in [0.25, 0.3) is 0 Å². The third-order valence-corrected chi connectivity index (χ3v) is 4.10. The molecular weight excluding hydrogens is 277 g/mol. The van der Waals surface area contributed by atoms with E-state index in [0.717, 1.165) is 30.1 Å². The van der Waals surface area contributed by atoms with Crippen LogP contribution >= 0.6 is 11.8 Å². The Morgan fingerprint density at radius 1 is 1.42 bits per heavy atom. The second-order valence-corrected chi connectivity index (χ2v) is 5.50. The number of halogens is 3. The summed E-state index contributed by atoms with van der Waals surface area (Å²) in [7, 11) is 0. The Morgan fingerprint density at radius 2 is 2.16 bits per heavy atom. The third kappa shape index (κ3) is 3.34. The van der Waals surface area contributed by atoms with Gasteiger partial charge in [-0.3, -0.25) is 4.79 Å². The van der Waals surface area contributed by atoms with Gasteiger partial charge in [-0.25, -0.2) is 0 Å². The van der Waals surface area contributed by atoms with E-state index in [1.165, 1.54) is 6.07 Å². The van der Waals surface area contributed by atoms with Crippen molar-refractivity contribution in [3.63, 3.8) is 0 Å². The van der Waals surface area contributed by atoms with Crippen LogP contribution in [0.2, 0.25) is 0 Å². The van der Waals surface area contributed by atoms with Crippen molar-refractivity contribution in [1.29, 1.82) is 0 Å². The van der Waals surface area contributed by atoms with Gasteiger partial charge < -0.3 is 11.1 Å². The maximum Gasteiger partial charge on any atom is 0.416 e. The molecule has 7 heteroatoms. The van der Waals surface area contributed by atoms with E-state index in [4.69, 9.17) is 5.73 Å². The summed E-state index contributed by atoms with van der Waals surface area (Å²) < 4.78 is 37.4. The minimum absolute atomic E-state index is 0.0752. The van der Waals surface area contributed by atoms with Gasteiger partial charge in [-0.2, -0.15) is 24.9 Å². The van der Waals surface area contributed by atoms with E-state index in [-0.39, 0.29) is 23.2 Å². The molecule has 0 saturated carbocycles. The molecule has 1 fully saturated rings. The van der Waals surface area contributed by atoms with E-state index in [0.29, 0.717) is 0 Å². The molecule has 1 aromatic carbocycles. The molecule has 3 N–H and O–H groups in total. The Morgan fingerprint density at radius 3 is 2.68 bits per heavy atom. The van der Waals surface area contributed by atoms with Gasteiger partial charge >= 0.3 is 6.18 Å². The smallest absolute Gasteiger partial charge is 0.397 e. The highest BCUT2D eigenvalue weighted by Crippen LogP contribution is 2.33. The van der Waals surface area contributed by atoms with Crippen LogP contribution in [-0.2, 0) is 11.0 Å². The number of nitrogens with two attached hydrogens (primary N) is 1. The fourth-order valence-electron chi connectivity index (χ4n) is 1.83.